The average molecular weight is 296 g/mol. The molecule has 0 spiro atoms. The Morgan fingerprint density at radius 1 is 1.37 bits per heavy atom. The summed E-state index contributed by atoms with van der Waals surface area (Å²) in [5.74, 6) is 0.755. The third kappa shape index (κ3) is 9.69. The lowest BCUT2D eigenvalue weighted by atomic mass is 9.81. The van der Waals surface area contributed by atoms with E-state index < -0.39 is 10.3 Å². The van der Waals surface area contributed by atoms with E-state index in [1.807, 2.05) is 27.8 Å². The summed E-state index contributed by atoms with van der Waals surface area (Å²) in [6.07, 6.45) is 2.01. The second kappa shape index (κ2) is 6.53. The SMILES string of the molecule is CN(C(=O)OC(C)(C)C)[C@H]1C[C@H](C)C1.NS(=O)(=O)O. The Morgan fingerprint density at radius 2 is 1.74 bits per heavy atom. The van der Waals surface area contributed by atoms with Crippen molar-refractivity contribution in [3.8, 4) is 0 Å². The first-order valence-corrected chi connectivity index (χ1v) is 7.51. The van der Waals surface area contributed by atoms with Crippen LogP contribution in [0.3, 0.4) is 0 Å². The van der Waals surface area contributed by atoms with Crippen molar-refractivity contribution in [2.75, 3.05) is 7.05 Å². The Balaban J connectivity index is 0.000000555. The first kappa shape index (κ1) is 18.1. The molecule has 0 aromatic carbocycles. The van der Waals surface area contributed by atoms with Gasteiger partial charge in [0.25, 0.3) is 0 Å². The number of carbonyl (C=O) groups is 1. The molecule has 0 saturated heterocycles. The summed E-state index contributed by atoms with van der Waals surface area (Å²) < 4.78 is 30.5. The fourth-order valence-electron chi connectivity index (χ4n) is 1.66. The molecular weight excluding hydrogens is 272 g/mol. The maximum absolute atomic E-state index is 11.6. The first-order chi connectivity index (χ1) is 8.29. The second-order valence-electron chi connectivity index (χ2n) is 5.84. The minimum Gasteiger partial charge on any atom is -0.444 e. The van der Waals surface area contributed by atoms with Gasteiger partial charge in [-0.25, -0.2) is 9.93 Å². The van der Waals surface area contributed by atoms with Gasteiger partial charge in [0.15, 0.2) is 0 Å². The van der Waals surface area contributed by atoms with Crippen LogP contribution in [0.5, 0.6) is 0 Å². The zero-order chi connectivity index (χ0) is 15.4. The number of nitrogens with zero attached hydrogens (tertiary/aromatic N) is 1. The van der Waals surface area contributed by atoms with Crippen LogP contribution >= 0.6 is 0 Å². The molecule has 0 heterocycles. The monoisotopic (exact) mass is 296 g/mol. The van der Waals surface area contributed by atoms with Crippen LogP contribution in [-0.4, -0.2) is 42.7 Å². The normalized spacial score (nSPS) is 22.7. The van der Waals surface area contributed by atoms with Crippen molar-refractivity contribution in [1.82, 2.24) is 4.90 Å². The van der Waals surface area contributed by atoms with E-state index in [9.17, 15) is 4.79 Å². The van der Waals surface area contributed by atoms with Gasteiger partial charge in [0, 0.05) is 13.1 Å². The van der Waals surface area contributed by atoms with Crippen molar-refractivity contribution in [1.29, 1.82) is 0 Å². The molecule has 3 N–H and O–H groups in total. The topological polar surface area (TPSA) is 110 Å². The highest BCUT2D eigenvalue weighted by atomic mass is 32.2. The van der Waals surface area contributed by atoms with Crippen molar-refractivity contribution < 1.29 is 22.5 Å². The van der Waals surface area contributed by atoms with Crippen LogP contribution in [0.2, 0.25) is 0 Å². The number of amides is 1. The summed E-state index contributed by atoms with van der Waals surface area (Å²) in [4.78, 5) is 13.3. The molecule has 0 radical (unpaired) electrons. The first-order valence-electron chi connectivity index (χ1n) is 6.00. The fraction of sp³-hybridized carbons (Fsp3) is 0.909. The molecule has 0 aliphatic heterocycles. The van der Waals surface area contributed by atoms with Gasteiger partial charge in [-0.15, -0.1) is 0 Å². The van der Waals surface area contributed by atoms with Crippen LogP contribution in [-0.2, 0) is 15.0 Å². The molecule has 0 aromatic heterocycles. The molecule has 0 atom stereocenters. The van der Waals surface area contributed by atoms with Crippen molar-refractivity contribution in [2.24, 2.45) is 11.1 Å². The van der Waals surface area contributed by atoms with Gasteiger partial charge in [0.1, 0.15) is 5.60 Å². The van der Waals surface area contributed by atoms with Crippen LogP contribution < -0.4 is 5.14 Å². The summed E-state index contributed by atoms with van der Waals surface area (Å²) in [6.45, 7) is 7.88. The van der Waals surface area contributed by atoms with Crippen molar-refractivity contribution >= 4 is 16.4 Å². The summed E-state index contributed by atoms with van der Waals surface area (Å²) >= 11 is 0. The van der Waals surface area contributed by atoms with Gasteiger partial charge in [-0.3, -0.25) is 4.55 Å². The molecule has 1 aliphatic carbocycles. The number of nitrogens with two attached hydrogens (primary N) is 1. The summed E-state index contributed by atoms with van der Waals surface area (Å²) in [7, 11) is -2.34. The summed E-state index contributed by atoms with van der Waals surface area (Å²) in [6, 6.07) is 0.389. The van der Waals surface area contributed by atoms with Gasteiger partial charge in [0.05, 0.1) is 0 Å². The zero-order valence-corrected chi connectivity index (χ0v) is 12.9. The Hall–Kier alpha value is -0.860. The fourth-order valence-corrected chi connectivity index (χ4v) is 1.66. The lowest BCUT2D eigenvalue weighted by Gasteiger charge is -2.39. The Morgan fingerprint density at radius 3 is 2.00 bits per heavy atom. The second-order valence-corrected chi connectivity index (χ2v) is 6.87. The molecule has 114 valence electrons. The Labute approximate surface area is 115 Å². The van der Waals surface area contributed by atoms with Gasteiger partial charge in [-0.1, -0.05) is 6.92 Å². The van der Waals surface area contributed by atoms with E-state index in [0.29, 0.717) is 6.04 Å². The van der Waals surface area contributed by atoms with Gasteiger partial charge in [0.2, 0.25) is 0 Å². The maximum Gasteiger partial charge on any atom is 0.410 e. The Bertz CT molecular complexity index is 388. The van der Waals surface area contributed by atoms with Crippen molar-refractivity contribution in [3.05, 3.63) is 0 Å². The van der Waals surface area contributed by atoms with Gasteiger partial charge < -0.3 is 9.64 Å². The highest BCUT2D eigenvalue weighted by Crippen LogP contribution is 2.30. The third-order valence-electron chi connectivity index (χ3n) is 2.58. The maximum atomic E-state index is 11.6. The van der Waals surface area contributed by atoms with E-state index in [0.717, 1.165) is 18.8 Å². The van der Waals surface area contributed by atoms with E-state index in [-0.39, 0.29) is 11.7 Å². The highest BCUT2D eigenvalue weighted by Gasteiger charge is 2.33. The predicted octanol–water partition coefficient (Wildman–Crippen LogP) is 1.40. The quantitative estimate of drug-likeness (QED) is 0.711. The number of hydrogen-bond donors (Lipinski definition) is 2. The van der Waals surface area contributed by atoms with E-state index in [1.54, 1.807) is 4.90 Å². The smallest absolute Gasteiger partial charge is 0.410 e. The molecule has 1 rings (SSSR count). The van der Waals surface area contributed by atoms with E-state index in [1.165, 1.54) is 0 Å². The van der Waals surface area contributed by atoms with E-state index in [2.05, 4.69) is 12.1 Å². The number of hydrogen-bond acceptors (Lipinski definition) is 4. The standard InChI is InChI=1S/C11H21NO2.H3NO3S/c1-8-6-9(7-8)12(5)10(13)14-11(2,3)4;1-5(2,3)4/h8-9H,6-7H2,1-5H3;(H3,1,2,3,4)/t8-,9-;. The lowest BCUT2D eigenvalue weighted by Crippen LogP contribution is -2.46. The van der Waals surface area contributed by atoms with Crippen LogP contribution in [0.1, 0.15) is 40.5 Å². The van der Waals surface area contributed by atoms with E-state index >= 15 is 0 Å². The number of carbonyl (C=O) groups excluding carboxylic acids is 1. The molecule has 1 amide bonds. The van der Waals surface area contributed by atoms with Crippen LogP contribution in [0, 0.1) is 5.92 Å². The molecule has 1 fully saturated rings. The molecule has 0 unspecified atom stereocenters. The van der Waals surface area contributed by atoms with Gasteiger partial charge in [-0.2, -0.15) is 8.42 Å². The highest BCUT2D eigenvalue weighted by molar-refractivity contribution is 7.83. The third-order valence-corrected chi connectivity index (χ3v) is 2.58. The average Bonchev–Trinajstić information content (AvgIpc) is 2.06. The van der Waals surface area contributed by atoms with E-state index in [4.69, 9.17) is 17.7 Å². The van der Waals surface area contributed by atoms with Gasteiger partial charge in [-0.05, 0) is 39.5 Å². The molecular formula is C11H24N2O5S. The van der Waals surface area contributed by atoms with Gasteiger partial charge >= 0.3 is 16.4 Å². The largest absolute Gasteiger partial charge is 0.444 e. The van der Waals surface area contributed by atoms with Crippen molar-refractivity contribution in [2.45, 2.75) is 52.2 Å². The molecule has 19 heavy (non-hydrogen) atoms. The van der Waals surface area contributed by atoms with Crippen LogP contribution in [0.25, 0.3) is 0 Å². The minimum absolute atomic E-state index is 0.200. The van der Waals surface area contributed by atoms with Crippen molar-refractivity contribution in [3.63, 3.8) is 0 Å². The molecule has 8 heteroatoms. The Kier molecular flexibility index (Phi) is 6.24. The number of ether oxygens (including phenoxy) is 1. The molecule has 7 nitrogen and oxygen atoms in total. The molecule has 0 aromatic rings. The molecule has 1 saturated carbocycles. The van der Waals surface area contributed by atoms with Crippen LogP contribution in [0.4, 0.5) is 4.79 Å². The molecule has 1 aliphatic rings. The predicted molar refractivity (Wildman–Crippen MR) is 71.9 cm³/mol. The molecule has 0 bridgehead atoms. The lowest BCUT2D eigenvalue weighted by molar-refractivity contribution is 0.00814. The summed E-state index contributed by atoms with van der Waals surface area (Å²) in [5, 5.41) is 3.88. The van der Waals surface area contributed by atoms with Crippen LogP contribution in [0.15, 0.2) is 0 Å². The summed E-state index contributed by atoms with van der Waals surface area (Å²) in [5.41, 5.74) is -0.388. The minimum atomic E-state index is -4.17. The zero-order valence-electron chi connectivity index (χ0n) is 12.1. The number of rotatable bonds is 1.